The number of rotatable bonds is 10. The molecule has 4 nitrogen and oxygen atoms in total. The average Bonchev–Trinajstić information content (AvgIpc) is 2.81. The van der Waals surface area contributed by atoms with E-state index < -0.39 is 0 Å². The second-order valence-electron chi connectivity index (χ2n) is 8.24. The van der Waals surface area contributed by atoms with Crippen molar-refractivity contribution in [1.29, 1.82) is 5.26 Å². The van der Waals surface area contributed by atoms with Crippen LogP contribution in [0.25, 0.3) is 11.1 Å². The largest absolute Gasteiger partial charge is 0.509 e. The smallest absolute Gasteiger partial charge is 0.144 e. The molecule has 0 radical (unpaired) electrons. The summed E-state index contributed by atoms with van der Waals surface area (Å²) in [5.41, 5.74) is 6.17. The lowest BCUT2D eigenvalue weighted by atomic mass is 9.92. The van der Waals surface area contributed by atoms with Gasteiger partial charge in [-0.3, -0.25) is 0 Å². The van der Waals surface area contributed by atoms with Gasteiger partial charge in [-0.2, -0.15) is 5.26 Å². The van der Waals surface area contributed by atoms with E-state index in [1.165, 1.54) is 11.1 Å². The van der Waals surface area contributed by atoms with Crippen molar-refractivity contribution in [2.24, 2.45) is 0 Å². The maximum Gasteiger partial charge on any atom is 0.144 e. The van der Waals surface area contributed by atoms with Crippen LogP contribution in [0.2, 0.25) is 0 Å². The molecule has 0 heterocycles. The molecule has 0 amide bonds. The third kappa shape index (κ3) is 6.17. The van der Waals surface area contributed by atoms with Crippen molar-refractivity contribution >= 4 is 0 Å². The maximum absolute atomic E-state index is 9.29. The van der Waals surface area contributed by atoms with Gasteiger partial charge < -0.3 is 14.6 Å². The lowest BCUT2D eigenvalue weighted by molar-refractivity contribution is 0.190. The van der Waals surface area contributed by atoms with Gasteiger partial charge in [0.05, 0.1) is 11.6 Å². The minimum Gasteiger partial charge on any atom is -0.509 e. The molecule has 0 fully saturated rings. The summed E-state index contributed by atoms with van der Waals surface area (Å²) < 4.78 is 12.1. The molecule has 0 saturated carbocycles. The Labute approximate surface area is 196 Å². The molecule has 0 aliphatic rings. The van der Waals surface area contributed by atoms with E-state index in [-0.39, 0.29) is 18.5 Å². The molecule has 0 aliphatic carbocycles. The Kier molecular flexibility index (Phi) is 8.16. The van der Waals surface area contributed by atoms with Crippen LogP contribution in [0.15, 0.2) is 73.0 Å². The van der Waals surface area contributed by atoms with Gasteiger partial charge in [0.25, 0.3) is 0 Å². The van der Waals surface area contributed by atoms with Gasteiger partial charge in [0, 0.05) is 0 Å². The van der Waals surface area contributed by atoms with Gasteiger partial charge in [-0.15, -0.1) is 0 Å². The molecule has 1 N–H and O–H groups in total. The van der Waals surface area contributed by atoms with Crippen LogP contribution in [0, 0.1) is 25.2 Å². The number of unbranched alkanes of at least 4 members (excludes halogenated alkanes) is 1. The molecule has 3 aromatic carbocycles. The fourth-order valence-corrected chi connectivity index (χ4v) is 3.89. The first-order valence-corrected chi connectivity index (χ1v) is 11.3. The second kappa shape index (κ2) is 11.2. The molecular formula is C29H31NO3. The van der Waals surface area contributed by atoms with Crippen LogP contribution < -0.4 is 9.47 Å². The van der Waals surface area contributed by atoms with E-state index in [1.807, 2.05) is 49.4 Å². The lowest BCUT2D eigenvalue weighted by Gasteiger charge is -2.23. The summed E-state index contributed by atoms with van der Waals surface area (Å²) in [5, 5.41) is 18.4. The monoisotopic (exact) mass is 441 g/mol. The summed E-state index contributed by atoms with van der Waals surface area (Å²) in [6, 6.07) is 21.9. The topological polar surface area (TPSA) is 62.5 Å². The Morgan fingerprint density at radius 1 is 1.09 bits per heavy atom. The number of hydrogen-bond acceptors (Lipinski definition) is 4. The molecule has 0 aromatic heterocycles. The molecule has 170 valence electrons. The molecule has 0 saturated heterocycles. The van der Waals surface area contributed by atoms with Crippen LogP contribution in [0.4, 0.5) is 0 Å². The molecule has 33 heavy (non-hydrogen) atoms. The van der Waals surface area contributed by atoms with Gasteiger partial charge in [-0.05, 0) is 84.8 Å². The normalized spacial score (nSPS) is 11.5. The molecule has 0 bridgehead atoms. The first kappa shape index (κ1) is 23.9. The van der Waals surface area contributed by atoms with Gasteiger partial charge in [0.15, 0.2) is 0 Å². The number of nitriles is 1. The van der Waals surface area contributed by atoms with Gasteiger partial charge in [0.2, 0.25) is 0 Å². The minimum atomic E-state index is -0.0772. The van der Waals surface area contributed by atoms with Gasteiger partial charge in [-0.1, -0.05) is 50.3 Å². The van der Waals surface area contributed by atoms with Crippen molar-refractivity contribution in [1.82, 2.24) is 0 Å². The quantitative estimate of drug-likeness (QED) is 0.329. The summed E-state index contributed by atoms with van der Waals surface area (Å²) in [6.07, 6.45) is 2.98. The molecule has 3 rings (SSSR count). The number of nitrogens with zero attached hydrogens (tertiary/aromatic N) is 1. The van der Waals surface area contributed by atoms with E-state index in [2.05, 4.69) is 44.7 Å². The molecule has 1 atom stereocenters. The van der Waals surface area contributed by atoms with Crippen molar-refractivity contribution in [3.63, 3.8) is 0 Å². The first-order valence-electron chi connectivity index (χ1n) is 11.3. The summed E-state index contributed by atoms with van der Waals surface area (Å²) in [5.74, 6) is 1.47. The Balaban J connectivity index is 1.89. The van der Waals surface area contributed by atoms with Crippen LogP contribution in [0.1, 0.15) is 54.5 Å². The molecule has 1 unspecified atom stereocenters. The summed E-state index contributed by atoms with van der Waals surface area (Å²) in [6.45, 7) is 9.80. The number of aliphatic hydroxyl groups is 1. The van der Waals surface area contributed by atoms with Crippen molar-refractivity contribution in [2.45, 2.75) is 46.1 Å². The Morgan fingerprint density at radius 2 is 1.85 bits per heavy atom. The highest BCUT2D eigenvalue weighted by atomic mass is 16.5. The van der Waals surface area contributed by atoms with Crippen LogP contribution >= 0.6 is 0 Å². The first-order chi connectivity index (χ1) is 15.9. The van der Waals surface area contributed by atoms with E-state index in [9.17, 15) is 5.11 Å². The summed E-state index contributed by atoms with van der Waals surface area (Å²) >= 11 is 0. The van der Waals surface area contributed by atoms with Crippen LogP contribution in [0.5, 0.6) is 11.5 Å². The third-order valence-electron chi connectivity index (χ3n) is 5.69. The average molecular weight is 442 g/mol. The zero-order valence-corrected chi connectivity index (χ0v) is 19.6. The third-order valence-corrected chi connectivity index (χ3v) is 5.69. The highest BCUT2D eigenvalue weighted by Crippen LogP contribution is 2.35. The predicted molar refractivity (Wildman–Crippen MR) is 133 cm³/mol. The Hall–Kier alpha value is -3.71. The lowest BCUT2D eigenvalue weighted by Crippen LogP contribution is -2.10. The number of hydrogen-bond donors (Lipinski definition) is 1. The fraction of sp³-hybridized carbons (Fsp3) is 0.276. The molecule has 0 spiro atoms. The van der Waals surface area contributed by atoms with Crippen molar-refractivity contribution < 1.29 is 14.6 Å². The molecule has 4 heteroatoms. The fourth-order valence-electron chi connectivity index (χ4n) is 3.89. The van der Waals surface area contributed by atoms with Crippen LogP contribution in [-0.2, 0) is 0 Å². The van der Waals surface area contributed by atoms with Crippen LogP contribution in [0.3, 0.4) is 0 Å². The Bertz CT molecular complexity index is 1140. The molecular weight excluding hydrogens is 410 g/mol. The van der Waals surface area contributed by atoms with E-state index in [4.69, 9.17) is 14.7 Å². The van der Waals surface area contributed by atoms with Gasteiger partial charge in [0.1, 0.15) is 30.0 Å². The SMILES string of the molecule is C=C(O)COc1ccc(OC(CCCC)c2cccc(-c3ccc(C#N)cc3)c2C)cc1C. The summed E-state index contributed by atoms with van der Waals surface area (Å²) in [7, 11) is 0. The van der Waals surface area contributed by atoms with Gasteiger partial charge >= 0.3 is 0 Å². The number of aliphatic hydroxyl groups excluding tert-OH is 1. The predicted octanol–water partition coefficient (Wildman–Crippen LogP) is 7.60. The van der Waals surface area contributed by atoms with E-state index >= 15 is 0 Å². The van der Waals surface area contributed by atoms with Crippen LogP contribution in [-0.4, -0.2) is 11.7 Å². The number of ether oxygens (including phenoxy) is 2. The minimum absolute atomic E-state index is 0.00743. The Morgan fingerprint density at radius 3 is 2.48 bits per heavy atom. The van der Waals surface area contributed by atoms with Crippen molar-refractivity contribution in [3.05, 3.63) is 95.3 Å². The molecule has 0 aliphatic heterocycles. The second-order valence-corrected chi connectivity index (χ2v) is 8.24. The van der Waals surface area contributed by atoms with E-state index in [0.717, 1.165) is 41.7 Å². The highest BCUT2D eigenvalue weighted by Gasteiger charge is 2.18. The maximum atomic E-state index is 9.29. The van der Waals surface area contributed by atoms with Gasteiger partial charge in [-0.25, -0.2) is 0 Å². The number of aryl methyl sites for hydroxylation is 1. The number of benzene rings is 3. The van der Waals surface area contributed by atoms with E-state index in [0.29, 0.717) is 11.3 Å². The molecule has 3 aromatic rings. The zero-order chi connectivity index (χ0) is 23.8. The summed E-state index contributed by atoms with van der Waals surface area (Å²) in [4.78, 5) is 0. The zero-order valence-electron chi connectivity index (χ0n) is 19.6. The highest BCUT2D eigenvalue weighted by molar-refractivity contribution is 5.69. The standard InChI is InChI=1S/C29H31NO3/c1-5-6-10-29(33-25-15-16-28(20(2)17-25)32-19-21(3)31)27-9-7-8-26(22(27)4)24-13-11-23(18-30)12-14-24/h7-9,11-17,29,31H,3,5-6,10,19H2,1-2,4H3. The van der Waals surface area contributed by atoms with Crippen molar-refractivity contribution in [3.8, 4) is 28.7 Å². The van der Waals surface area contributed by atoms with E-state index in [1.54, 1.807) is 0 Å². The van der Waals surface area contributed by atoms with Crippen molar-refractivity contribution in [2.75, 3.05) is 6.61 Å².